The Morgan fingerprint density at radius 2 is 1.95 bits per heavy atom. The number of hydrogen-bond acceptors (Lipinski definition) is 1. The molecule has 0 saturated heterocycles. The molecule has 0 bridgehead atoms. The van der Waals surface area contributed by atoms with Crippen LogP contribution in [0.2, 0.25) is 0 Å². The van der Waals surface area contributed by atoms with Crippen molar-refractivity contribution in [2.45, 2.75) is 6.92 Å². The van der Waals surface area contributed by atoms with E-state index in [1.807, 2.05) is 25.1 Å². The zero-order valence-electron chi connectivity index (χ0n) is 10.7. The van der Waals surface area contributed by atoms with Gasteiger partial charge in [0.05, 0.1) is 5.69 Å². The van der Waals surface area contributed by atoms with Crippen LogP contribution in [-0.2, 0) is 0 Å². The number of carbonyl (C=O) groups is 1. The number of H-pyrrole nitrogens is 1. The average molecular weight is 271 g/mol. The topological polar surface area (TPSA) is 32.9 Å². The summed E-state index contributed by atoms with van der Waals surface area (Å²) in [4.78, 5) is 14.3. The van der Waals surface area contributed by atoms with Gasteiger partial charge in [0.25, 0.3) is 0 Å². The van der Waals surface area contributed by atoms with E-state index < -0.39 is 11.6 Å². The van der Waals surface area contributed by atoms with Crippen LogP contribution in [-0.4, -0.2) is 11.3 Å². The second-order valence-electron chi connectivity index (χ2n) is 4.68. The Morgan fingerprint density at radius 3 is 2.70 bits per heavy atom. The molecule has 0 aliphatic rings. The second kappa shape index (κ2) is 4.56. The van der Waals surface area contributed by atoms with Crippen LogP contribution in [0.25, 0.3) is 22.2 Å². The molecule has 0 spiro atoms. The lowest BCUT2D eigenvalue weighted by molar-refractivity contribution is 0.112. The monoisotopic (exact) mass is 271 g/mol. The largest absolute Gasteiger partial charge is 0.354 e. The fourth-order valence-electron chi connectivity index (χ4n) is 2.36. The molecule has 1 heterocycles. The van der Waals surface area contributed by atoms with Gasteiger partial charge in [-0.3, -0.25) is 4.79 Å². The van der Waals surface area contributed by atoms with Gasteiger partial charge in [-0.05, 0) is 31.2 Å². The van der Waals surface area contributed by atoms with E-state index in [2.05, 4.69) is 4.98 Å². The standard InChI is InChI=1S/C16H11F2NO/c1-9-5-6-14-11(7-9)12(8-20)16(19-14)10-3-2-4-13(17)15(10)18/h2-8,19H,1H3. The van der Waals surface area contributed by atoms with Gasteiger partial charge in [0.2, 0.25) is 0 Å². The second-order valence-corrected chi connectivity index (χ2v) is 4.68. The zero-order valence-corrected chi connectivity index (χ0v) is 10.7. The molecule has 1 aromatic heterocycles. The fourth-order valence-corrected chi connectivity index (χ4v) is 2.36. The molecule has 20 heavy (non-hydrogen) atoms. The molecule has 3 rings (SSSR count). The number of hydrogen-bond donors (Lipinski definition) is 1. The predicted molar refractivity (Wildman–Crippen MR) is 73.8 cm³/mol. The maximum Gasteiger partial charge on any atom is 0.168 e. The third-order valence-electron chi connectivity index (χ3n) is 3.33. The van der Waals surface area contributed by atoms with E-state index in [0.717, 1.165) is 17.1 Å². The number of nitrogens with one attached hydrogen (secondary N) is 1. The summed E-state index contributed by atoms with van der Waals surface area (Å²) in [6.07, 6.45) is 0.665. The first-order valence-electron chi connectivity index (χ1n) is 6.13. The van der Waals surface area contributed by atoms with Crippen molar-refractivity contribution in [1.29, 1.82) is 0 Å². The van der Waals surface area contributed by atoms with Crippen LogP contribution in [0.15, 0.2) is 36.4 Å². The minimum absolute atomic E-state index is 0.0564. The summed E-state index contributed by atoms with van der Waals surface area (Å²) >= 11 is 0. The number of aromatic nitrogens is 1. The van der Waals surface area contributed by atoms with Crippen LogP contribution in [0.5, 0.6) is 0 Å². The van der Waals surface area contributed by atoms with Crippen molar-refractivity contribution >= 4 is 17.2 Å². The Morgan fingerprint density at radius 1 is 1.15 bits per heavy atom. The number of fused-ring (bicyclic) bond motifs is 1. The van der Waals surface area contributed by atoms with Gasteiger partial charge < -0.3 is 4.98 Å². The van der Waals surface area contributed by atoms with Gasteiger partial charge in [-0.1, -0.05) is 17.7 Å². The zero-order chi connectivity index (χ0) is 14.3. The number of benzene rings is 2. The lowest BCUT2D eigenvalue weighted by atomic mass is 10.0. The van der Waals surface area contributed by atoms with Crippen molar-refractivity contribution < 1.29 is 13.6 Å². The average Bonchev–Trinajstić information content (AvgIpc) is 2.79. The van der Waals surface area contributed by atoms with Gasteiger partial charge in [-0.25, -0.2) is 8.78 Å². The molecule has 1 N–H and O–H groups in total. The molecule has 0 amide bonds. The Bertz CT molecular complexity index is 821. The molecule has 0 saturated carbocycles. The van der Waals surface area contributed by atoms with Gasteiger partial charge in [-0.2, -0.15) is 0 Å². The van der Waals surface area contributed by atoms with E-state index in [-0.39, 0.29) is 5.56 Å². The fraction of sp³-hybridized carbons (Fsp3) is 0.0625. The molecular weight excluding hydrogens is 260 g/mol. The SMILES string of the molecule is Cc1ccc2[nH]c(-c3cccc(F)c3F)c(C=O)c2c1. The summed E-state index contributed by atoms with van der Waals surface area (Å²) < 4.78 is 27.2. The number of aldehydes is 1. The van der Waals surface area contributed by atoms with Gasteiger partial charge >= 0.3 is 0 Å². The highest BCUT2D eigenvalue weighted by molar-refractivity contribution is 6.04. The molecule has 3 aromatic rings. The summed E-state index contributed by atoms with van der Waals surface area (Å²) in [5.74, 6) is -1.90. The Balaban J connectivity index is 2.36. The van der Waals surface area contributed by atoms with E-state index in [4.69, 9.17) is 0 Å². The van der Waals surface area contributed by atoms with Crippen molar-refractivity contribution in [3.05, 3.63) is 59.2 Å². The molecule has 100 valence electrons. The maximum absolute atomic E-state index is 13.9. The van der Waals surface area contributed by atoms with Crippen LogP contribution in [0.4, 0.5) is 8.78 Å². The number of rotatable bonds is 2. The normalized spacial score (nSPS) is 10.9. The van der Waals surface area contributed by atoms with Crippen molar-refractivity contribution in [2.75, 3.05) is 0 Å². The van der Waals surface area contributed by atoms with Crippen molar-refractivity contribution in [1.82, 2.24) is 4.98 Å². The lowest BCUT2D eigenvalue weighted by Gasteiger charge is -2.02. The summed E-state index contributed by atoms with van der Waals surface area (Å²) in [7, 11) is 0. The van der Waals surface area contributed by atoms with Crippen molar-refractivity contribution in [3.63, 3.8) is 0 Å². The molecule has 0 aliphatic heterocycles. The van der Waals surface area contributed by atoms with E-state index in [0.29, 0.717) is 22.9 Å². The van der Waals surface area contributed by atoms with Crippen molar-refractivity contribution in [3.8, 4) is 11.3 Å². The number of aryl methyl sites for hydroxylation is 1. The van der Waals surface area contributed by atoms with Gasteiger partial charge in [0.1, 0.15) is 0 Å². The van der Waals surface area contributed by atoms with E-state index >= 15 is 0 Å². The lowest BCUT2D eigenvalue weighted by Crippen LogP contribution is -1.92. The van der Waals surface area contributed by atoms with E-state index in [9.17, 15) is 13.6 Å². The highest BCUT2D eigenvalue weighted by atomic mass is 19.2. The maximum atomic E-state index is 13.9. The van der Waals surface area contributed by atoms with E-state index in [1.165, 1.54) is 12.1 Å². The molecule has 0 radical (unpaired) electrons. The molecule has 4 heteroatoms. The van der Waals surface area contributed by atoms with E-state index in [1.54, 1.807) is 0 Å². The van der Waals surface area contributed by atoms with Crippen molar-refractivity contribution in [2.24, 2.45) is 0 Å². The molecular formula is C16H11F2NO. The molecule has 0 atom stereocenters. The number of carbonyl (C=O) groups excluding carboxylic acids is 1. The predicted octanol–water partition coefficient (Wildman–Crippen LogP) is 4.23. The third-order valence-corrected chi connectivity index (χ3v) is 3.33. The van der Waals surface area contributed by atoms with Crippen LogP contribution >= 0.6 is 0 Å². The Kier molecular flexibility index (Phi) is 2.86. The molecule has 0 aliphatic carbocycles. The Hall–Kier alpha value is -2.49. The smallest absolute Gasteiger partial charge is 0.168 e. The first-order chi connectivity index (χ1) is 9.61. The molecule has 0 unspecified atom stereocenters. The van der Waals surface area contributed by atoms with Crippen LogP contribution in [0.1, 0.15) is 15.9 Å². The Labute approximate surface area is 114 Å². The quantitative estimate of drug-likeness (QED) is 0.695. The van der Waals surface area contributed by atoms with Gasteiger partial charge in [0, 0.05) is 22.0 Å². The van der Waals surface area contributed by atoms with Crippen LogP contribution in [0, 0.1) is 18.6 Å². The molecule has 0 fully saturated rings. The van der Waals surface area contributed by atoms with Gasteiger partial charge in [0.15, 0.2) is 17.9 Å². The summed E-state index contributed by atoms with van der Waals surface area (Å²) in [6, 6.07) is 9.46. The third kappa shape index (κ3) is 1.81. The van der Waals surface area contributed by atoms with Crippen LogP contribution in [0.3, 0.4) is 0 Å². The molecule has 2 aromatic carbocycles. The minimum atomic E-state index is -0.959. The van der Waals surface area contributed by atoms with Crippen LogP contribution < -0.4 is 0 Å². The summed E-state index contributed by atoms with van der Waals surface area (Å²) in [5, 5.41) is 0.707. The number of aromatic amines is 1. The molecule has 2 nitrogen and oxygen atoms in total. The summed E-state index contributed by atoms with van der Waals surface area (Å²) in [6.45, 7) is 1.91. The van der Waals surface area contributed by atoms with Gasteiger partial charge in [-0.15, -0.1) is 0 Å². The first kappa shape index (κ1) is 12.5. The highest BCUT2D eigenvalue weighted by Crippen LogP contribution is 2.31. The summed E-state index contributed by atoms with van der Waals surface area (Å²) in [5.41, 5.74) is 2.41. The highest BCUT2D eigenvalue weighted by Gasteiger charge is 2.17. The first-order valence-corrected chi connectivity index (χ1v) is 6.13. The number of halogens is 2. The minimum Gasteiger partial charge on any atom is -0.354 e.